The molecular formula is C24H37N3O5. The highest BCUT2D eigenvalue weighted by molar-refractivity contribution is 5.74. The molecule has 1 atom stereocenters. The minimum absolute atomic E-state index is 0.118. The van der Waals surface area contributed by atoms with Crippen molar-refractivity contribution in [1.82, 2.24) is 10.8 Å². The Balaban J connectivity index is 1.18. The Morgan fingerprint density at radius 1 is 0.969 bits per heavy atom. The normalized spacial score (nSPS) is 18.8. The summed E-state index contributed by atoms with van der Waals surface area (Å²) < 4.78 is 10.7. The van der Waals surface area contributed by atoms with E-state index < -0.39 is 6.09 Å². The van der Waals surface area contributed by atoms with E-state index in [1.165, 1.54) is 24.9 Å². The predicted molar refractivity (Wildman–Crippen MR) is 122 cm³/mol. The highest BCUT2D eigenvalue weighted by Gasteiger charge is 2.15. The summed E-state index contributed by atoms with van der Waals surface area (Å²) >= 11 is 0. The maximum absolute atomic E-state index is 12.0. The molecule has 2 aliphatic rings. The van der Waals surface area contributed by atoms with Gasteiger partial charge in [-0.15, -0.1) is 0 Å². The molecule has 1 unspecified atom stereocenters. The van der Waals surface area contributed by atoms with Crippen LogP contribution >= 0.6 is 0 Å². The van der Waals surface area contributed by atoms with Crippen LogP contribution in [-0.2, 0) is 14.4 Å². The Bertz CT molecular complexity index is 685. The topological polar surface area (TPSA) is 89.1 Å². The average molecular weight is 448 g/mol. The van der Waals surface area contributed by atoms with E-state index in [1.807, 2.05) is 24.3 Å². The van der Waals surface area contributed by atoms with Crippen LogP contribution < -0.4 is 20.4 Å². The van der Waals surface area contributed by atoms with E-state index in [4.69, 9.17) is 14.3 Å². The Hall–Kier alpha value is -2.32. The number of piperidine rings is 1. The Morgan fingerprint density at radius 3 is 2.50 bits per heavy atom. The molecule has 1 aromatic carbocycles. The second-order valence-electron chi connectivity index (χ2n) is 8.46. The summed E-state index contributed by atoms with van der Waals surface area (Å²) in [5.74, 6) is 0.433. The van der Waals surface area contributed by atoms with Gasteiger partial charge >= 0.3 is 6.09 Å². The van der Waals surface area contributed by atoms with Crippen LogP contribution in [0.25, 0.3) is 0 Å². The minimum Gasteiger partial charge on any atom is -0.410 e. The van der Waals surface area contributed by atoms with E-state index in [0.717, 1.165) is 58.0 Å². The summed E-state index contributed by atoms with van der Waals surface area (Å²) in [6.45, 7) is 3.43. The van der Waals surface area contributed by atoms with Crippen molar-refractivity contribution in [2.75, 3.05) is 31.1 Å². The molecule has 0 aliphatic carbocycles. The summed E-state index contributed by atoms with van der Waals surface area (Å²) in [5.41, 5.74) is 3.65. The van der Waals surface area contributed by atoms with Gasteiger partial charge < -0.3 is 19.7 Å². The second-order valence-corrected chi connectivity index (χ2v) is 8.46. The lowest BCUT2D eigenvalue weighted by Gasteiger charge is -2.28. The fourth-order valence-electron chi connectivity index (χ4n) is 3.96. The summed E-state index contributed by atoms with van der Waals surface area (Å²) in [7, 11) is 0. The van der Waals surface area contributed by atoms with Crippen molar-refractivity contribution in [3.8, 4) is 5.75 Å². The van der Waals surface area contributed by atoms with E-state index >= 15 is 0 Å². The fraction of sp³-hybridized carbons (Fsp3) is 0.667. The molecule has 2 N–H and O–H groups in total. The average Bonchev–Trinajstić information content (AvgIpc) is 2.84. The number of hydroxylamine groups is 1. The van der Waals surface area contributed by atoms with Gasteiger partial charge in [-0.2, -0.15) is 0 Å². The number of unbranched alkanes of at least 4 members (excludes halogenated alkanes) is 3. The van der Waals surface area contributed by atoms with Crippen molar-refractivity contribution in [2.45, 2.75) is 76.9 Å². The lowest BCUT2D eigenvalue weighted by atomic mass is 10.1. The molecule has 0 spiro atoms. The minimum atomic E-state index is -0.433. The zero-order valence-corrected chi connectivity index (χ0v) is 19.0. The summed E-state index contributed by atoms with van der Waals surface area (Å²) in [6.07, 6.45) is 9.87. The number of ether oxygens (including phenoxy) is 2. The van der Waals surface area contributed by atoms with Crippen LogP contribution in [0, 0.1) is 0 Å². The number of carbonyl (C=O) groups excluding carboxylic acids is 2. The molecule has 8 heteroatoms. The monoisotopic (exact) mass is 447 g/mol. The molecule has 32 heavy (non-hydrogen) atoms. The molecular weight excluding hydrogens is 410 g/mol. The van der Waals surface area contributed by atoms with Gasteiger partial charge in [-0.05, 0) is 69.2 Å². The number of anilines is 1. The van der Waals surface area contributed by atoms with Crippen molar-refractivity contribution in [1.29, 1.82) is 0 Å². The van der Waals surface area contributed by atoms with Gasteiger partial charge in [-0.1, -0.05) is 12.8 Å². The molecule has 0 aromatic heterocycles. The maximum atomic E-state index is 12.0. The van der Waals surface area contributed by atoms with Gasteiger partial charge in [0, 0.05) is 44.8 Å². The first-order valence-electron chi connectivity index (χ1n) is 12.1. The van der Waals surface area contributed by atoms with E-state index in [-0.39, 0.29) is 12.2 Å². The molecule has 0 saturated carbocycles. The largest absolute Gasteiger partial charge is 0.412 e. The summed E-state index contributed by atoms with van der Waals surface area (Å²) in [4.78, 5) is 31.4. The lowest BCUT2D eigenvalue weighted by Crippen LogP contribution is -2.32. The summed E-state index contributed by atoms with van der Waals surface area (Å²) in [6, 6.07) is 7.71. The summed E-state index contributed by atoms with van der Waals surface area (Å²) in [5, 5.41) is 2.78. The van der Waals surface area contributed by atoms with Crippen LogP contribution in [0.3, 0.4) is 0 Å². The molecule has 0 radical (unpaired) electrons. The number of hydrogen-bond acceptors (Lipinski definition) is 6. The molecule has 178 valence electrons. The maximum Gasteiger partial charge on any atom is 0.412 e. The van der Waals surface area contributed by atoms with Crippen molar-refractivity contribution in [3.05, 3.63) is 24.3 Å². The quantitative estimate of drug-likeness (QED) is 0.389. The van der Waals surface area contributed by atoms with E-state index in [1.54, 1.807) is 0 Å². The SMILES string of the molecule is O=C(CCCCCCNC(=O)Oc1ccc(N2CCCCC2)cc1)NOC1CCCCO1. The number of nitrogens with zero attached hydrogens (tertiary/aromatic N) is 1. The molecule has 0 bridgehead atoms. The van der Waals surface area contributed by atoms with Crippen LogP contribution in [0.2, 0.25) is 0 Å². The molecule has 2 saturated heterocycles. The molecule has 8 nitrogen and oxygen atoms in total. The van der Waals surface area contributed by atoms with Gasteiger partial charge in [-0.3, -0.25) is 4.79 Å². The Kier molecular flexibility index (Phi) is 10.6. The van der Waals surface area contributed by atoms with Crippen molar-refractivity contribution in [2.24, 2.45) is 0 Å². The van der Waals surface area contributed by atoms with Gasteiger partial charge in [0.1, 0.15) is 5.75 Å². The standard InChI is InChI=1S/C24H37N3O5/c28-22(26-32-23-11-5-9-19-30-23)10-4-1-2-6-16-25-24(29)31-21-14-12-20(13-15-21)27-17-7-3-8-18-27/h12-15,23H,1-11,16-19H2,(H,25,29)(H,26,28). The molecule has 2 fully saturated rings. The molecule has 3 rings (SSSR count). The van der Waals surface area contributed by atoms with E-state index in [0.29, 0.717) is 25.3 Å². The Morgan fingerprint density at radius 2 is 1.75 bits per heavy atom. The first-order chi connectivity index (χ1) is 15.7. The van der Waals surface area contributed by atoms with Crippen molar-refractivity contribution < 1.29 is 23.9 Å². The highest BCUT2D eigenvalue weighted by atomic mass is 16.8. The number of carbonyl (C=O) groups is 2. The number of nitrogens with one attached hydrogen (secondary N) is 2. The van der Waals surface area contributed by atoms with Crippen LogP contribution in [-0.4, -0.2) is 44.5 Å². The Labute approximate surface area is 190 Å². The van der Waals surface area contributed by atoms with Gasteiger partial charge in [0.15, 0.2) is 6.29 Å². The van der Waals surface area contributed by atoms with Gasteiger partial charge in [0.25, 0.3) is 0 Å². The third-order valence-corrected chi connectivity index (χ3v) is 5.81. The molecule has 1 aromatic rings. The number of amides is 2. The smallest absolute Gasteiger partial charge is 0.410 e. The zero-order valence-electron chi connectivity index (χ0n) is 19.0. The third-order valence-electron chi connectivity index (χ3n) is 5.81. The molecule has 2 aliphatic heterocycles. The first-order valence-corrected chi connectivity index (χ1v) is 12.1. The lowest BCUT2D eigenvalue weighted by molar-refractivity contribution is -0.200. The number of rotatable bonds is 11. The predicted octanol–water partition coefficient (Wildman–Crippen LogP) is 4.29. The van der Waals surface area contributed by atoms with E-state index in [2.05, 4.69) is 15.7 Å². The van der Waals surface area contributed by atoms with Crippen molar-refractivity contribution in [3.63, 3.8) is 0 Å². The van der Waals surface area contributed by atoms with E-state index in [9.17, 15) is 9.59 Å². The second kappa shape index (κ2) is 14.0. The van der Waals surface area contributed by atoms with Crippen LogP contribution in [0.4, 0.5) is 10.5 Å². The van der Waals surface area contributed by atoms with Gasteiger partial charge in [-0.25, -0.2) is 15.1 Å². The van der Waals surface area contributed by atoms with Crippen LogP contribution in [0.15, 0.2) is 24.3 Å². The molecule has 2 amide bonds. The third kappa shape index (κ3) is 9.04. The fourth-order valence-corrected chi connectivity index (χ4v) is 3.96. The zero-order chi connectivity index (χ0) is 22.4. The highest BCUT2D eigenvalue weighted by Crippen LogP contribution is 2.22. The van der Waals surface area contributed by atoms with Crippen LogP contribution in [0.1, 0.15) is 70.6 Å². The number of benzene rings is 1. The van der Waals surface area contributed by atoms with Crippen LogP contribution in [0.5, 0.6) is 5.75 Å². The first kappa shape index (κ1) is 24.3. The van der Waals surface area contributed by atoms with Gasteiger partial charge in [0.2, 0.25) is 5.91 Å². The number of hydrogen-bond donors (Lipinski definition) is 2. The van der Waals surface area contributed by atoms with Crippen molar-refractivity contribution >= 4 is 17.7 Å². The molecule has 2 heterocycles. The van der Waals surface area contributed by atoms with Gasteiger partial charge in [0.05, 0.1) is 0 Å².